The molecule has 0 saturated heterocycles. The Morgan fingerprint density at radius 1 is 1.41 bits per heavy atom. The van der Waals surface area contributed by atoms with E-state index >= 15 is 0 Å². The van der Waals surface area contributed by atoms with Crippen LogP contribution in [0.1, 0.15) is 50.0 Å². The Morgan fingerprint density at radius 2 is 2.10 bits per heavy atom. The number of hydrogen-bond donors (Lipinski definition) is 1. The second-order valence-electron chi connectivity index (χ2n) is 6.71. The van der Waals surface area contributed by atoms with Crippen LogP contribution < -0.4 is 10.1 Å². The number of carbonyl (C=O) groups is 1. The number of anilines is 1. The van der Waals surface area contributed by atoms with Crippen molar-refractivity contribution in [3.05, 3.63) is 45.8 Å². The van der Waals surface area contributed by atoms with E-state index in [0.717, 1.165) is 23.6 Å². The van der Waals surface area contributed by atoms with E-state index in [9.17, 15) is 28.1 Å². The zero-order valence-corrected chi connectivity index (χ0v) is 15.7. The van der Waals surface area contributed by atoms with Crippen molar-refractivity contribution in [2.75, 3.05) is 11.9 Å². The van der Waals surface area contributed by atoms with Crippen molar-refractivity contribution in [1.29, 1.82) is 0 Å². The quantitative estimate of drug-likeness (QED) is 0.540. The number of rotatable bonds is 7. The van der Waals surface area contributed by atoms with E-state index in [1.807, 2.05) is 0 Å². The summed E-state index contributed by atoms with van der Waals surface area (Å²) < 4.78 is 45.4. The highest BCUT2D eigenvalue weighted by Gasteiger charge is 2.39. The van der Waals surface area contributed by atoms with Crippen LogP contribution in [0, 0.1) is 10.1 Å². The van der Waals surface area contributed by atoms with E-state index in [1.165, 1.54) is 25.1 Å². The van der Waals surface area contributed by atoms with Crippen molar-refractivity contribution in [3.8, 4) is 5.75 Å². The van der Waals surface area contributed by atoms with Gasteiger partial charge in [0.15, 0.2) is 5.69 Å². The largest absolute Gasteiger partial charge is 0.494 e. The summed E-state index contributed by atoms with van der Waals surface area (Å²) in [6.07, 6.45) is -3.18. The first kappa shape index (κ1) is 20.6. The molecular weight excluding hydrogens is 393 g/mol. The minimum absolute atomic E-state index is 0.0753. The van der Waals surface area contributed by atoms with Crippen LogP contribution in [0.2, 0.25) is 0 Å². The predicted molar refractivity (Wildman–Crippen MR) is 96.8 cm³/mol. The number of benzene rings is 1. The number of carbonyl (C=O) groups excluding carboxylic acids is 1. The predicted octanol–water partition coefficient (Wildman–Crippen LogP) is 4.29. The number of nitro benzene ring substituents is 1. The van der Waals surface area contributed by atoms with Gasteiger partial charge >= 0.3 is 6.18 Å². The molecule has 1 heterocycles. The van der Waals surface area contributed by atoms with Gasteiger partial charge in [-0.05, 0) is 44.9 Å². The lowest BCUT2D eigenvalue weighted by molar-refractivity contribution is -0.384. The minimum Gasteiger partial charge on any atom is -0.494 e. The van der Waals surface area contributed by atoms with Gasteiger partial charge in [-0.1, -0.05) is 0 Å². The van der Waals surface area contributed by atoms with Gasteiger partial charge in [0.05, 0.1) is 17.6 Å². The second kappa shape index (κ2) is 7.72. The smallest absolute Gasteiger partial charge is 0.435 e. The van der Waals surface area contributed by atoms with Gasteiger partial charge in [0.25, 0.3) is 5.69 Å². The van der Waals surface area contributed by atoms with Crippen molar-refractivity contribution in [1.82, 2.24) is 9.78 Å². The fraction of sp³-hybridized carbons (Fsp3) is 0.444. The van der Waals surface area contributed by atoms with Gasteiger partial charge in [-0.15, -0.1) is 0 Å². The Hall–Kier alpha value is -3.11. The first-order chi connectivity index (χ1) is 13.6. The van der Waals surface area contributed by atoms with Crippen LogP contribution >= 0.6 is 0 Å². The third kappa shape index (κ3) is 4.49. The molecule has 3 rings (SSSR count). The number of aromatic nitrogens is 2. The summed E-state index contributed by atoms with van der Waals surface area (Å²) in [6.45, 7) is 3.43. The molecule has 1 N–H and O–H groups in total. The van der Waals surface area contributed by atoms with Gasteiger partial charge < -0.3 is 10.1 Å². The number of nitrogens with one attached hydrogen (secondary N) is 1. The van der Waals surface area contributed by atoms with Crippen LogP contribution in [0.3, 0.4) is 0 Å². The van der Waals surface area contributed by atoms with Crippen molar-refractivity contribution < 1.29 is 27.6 Å². The standard InChI is InChI=1S/C18H19F3N4O4/c1-3-29-12-6-7-13(15(8-12)25(27)28)22-17(26)10(2)24-14(11-4-5-11)9-16(23-24)18(19,20)21/h6-11H,3-5H2,1-2H3,(H,22,26). The van der Waals surface area contributed by atoms with Crippen LogP contribution in [-0.2, 0) is 11.0 Å². The van der Waals surface area contributed by atoms with Crippen molar-refractivity contribution in [3.63, 3.8) is 0 Å². The van der Waals surface area contributed by atoms with E-state index < -0.39 is 28.7 Å². The van der Waals surface area contributed by atoms with Gasteiger partial charge in [-0.25, -0.2) is 0 Å². The van der Waals surface area contributed by atoms with Crippen LogP contribution in [-0.4, -0.2) is 27.2 Å². The van der Waals surface area contributed by atoms with Crippen LogP contribution in [0.25, 0.3) is 0 Å². The first-order valence-electron chi connectivity index (χ1n) is 9.00. The molecule has 29 heavy (non-hydrogen) atoms. The molecule has 1 aromatic heterocycles. The average Bonchev–Trinajstić information content (AvgIpc) is 3.39. The average molecular weight is 412 g/mol. The SMILES string of the molecule is CCOc1ccc(NC(=O)C(C)n2nc(C(F)(F)F)cc2C2CC2)c([N+](=O)[O-])c1. The molecule has 0 spiro atoms. The van der Waals surface area contributed by atoms with Crippen molar-refractivity contribution in [2.45, 2.75) is 44.8 Å². The molecule has 0 aliphatic heterocycles. The lowest BCUT2D eigenvalue weighted by Crippen LogP contribution is -2.26. The van der Waals surface area contributed by atoms with E-state index in [-0.39, 0.29) is 23.0 Å². The van der Waals surface area contributed by atoms with E-state index in [4.69, 9.17) is 4.74 Å². The maximum Gasteiger partial charge on any atom is 0.435 e. The van der Waals surface area contributed by atoms with Crippen LogP contribution in [0.5, 0.6) is 5.75 Å². The summed E-state index contributed by atoms with van der Waals surface area (Å²) in [5, 5.41) is 17.3. The first-order valence-corrected chi connectivity index (χ1v) is 9.00. The minimum atomic E-state index is -4.63. The van der Waals surface area contributed by atoms with Crippen molar-refractivity contribution in [2.24, 2.45) is 0 Å². The number of nitrogens with zero attached hydrogens (tertiary/aromatic N) is 3. The number of amides is 1. The number of nitro groups is 1. The molecule has 0 bridgehead atoms. The highest BCUT2D eigenvalue weighted by Crippen LogP contribution is 2.43. The Kier molecular flexibility index (Phi) is 5.49. The summed E-state index contributed by atoms with van der Waals surface area (Å²) in [4.78, 5) is 23.3. The highest BCUT2D eigenvalue weighted by atomic mass is 19.4. The number of alkyl halides is 3. The summed E-state index contributed by atoms with van der Waals surface area (Å²) in [5.74, 6) is -0.521. The molecule has 1 aromatic carbocycles. The summed E-state index contributed by atoms with van der Waals surface area (Å²) >= 11 is 0. The molecule has 1 saturated carbocycles. The topological polar surface area (TPSA) is 99.3 Å². The third-order valence-corrected chi connectivity index (χ3v) is 4.53. The van der Waals surface area contributed by atoms with Gasteiger partial charge in [0.1, 0.15) is 17.5 Å². The van der Waals surface area contributed by atoms with Crippen molar-refractivity contribution >= 4 is 17.3 Å². The fourth-order valence-corrected chi connectivity index (χ4v) is 2.91. The number of halogens is 3. The zero-order valence-electron chi connectivity index (χ0n) is 15.7. The molecule has 1 fully saturated rings. The maximum atomic E-state index is 13.1. The number of hydrogen-bond acceptors (Lipinski definition) is 5. The molecule has 1 aliphatic rings. The van der Waals surface area contributed by atoms with Gasteiger partial charge in [-0.3, -0.25) is 19.6 Å². The lowest BCUT2D eigenvalue weighted by atomic mass is 10.2. The molecule has 11 heteroatoms. The highest BCUT2D eigenvalue weighted by molar-refractivity contribution is 5.95. The molecular formula is C18H19F3N4O4. The Bertz CT molecular complexity index is 938. The molecule has 2 aromatic rings. The van der Waals surface area contributed by atoms with Gasteiger partial charge in [0, 0.05) is 11.6 Å². The Balaban J connectivity index is 1.86. The fourth-order valence-electron chi connectivity index (χ4n) is 2.91. The Labute approximate surface area is 163 Å². The molecule has 8 nitrogen and oxygen atoms in total. The summed E-state index contributed by atoms with van der Waals surface area (Å²) in [6, 6.07) is 3.82. The van der Waals surface area contributed by atoms with Gasteiger partial charge in [-0.2, -0.15) is 18.3 Å². The van der Waals surface area contributed by atoms with Crippen LogP contribution in [0.4, 0.5) is 24.5 Å². The van der Waals surface area contributed by atoms with E-state index in [0.29, 0.717) is 12.3 Å². The summed E-state index contributed by atoms with van der Waals surface area (Å²) in [5.41, 5.74) is -1.19. The zero-order chi connectivity index (χ0) is 21.3. The number of ether oxygens (including phenoxy) is 1. The molecule has 156 valence electrons. The Morgan fingerprint density at radius 3 is 2.66 bits per heavy atom. The molecule has 1 aliphatic carbocycles. The lowest BCUT2D eigenvalue weighted by Gasteiger charge is -2.16. The molecule has 0 radical (unpaired) electrons. The maximum absolute atomic E-state index is 13.1. The molecule has 1 amide bonds. The second-order valence-corrected chi connectivity index (χ2v) is 6.71. The normalized spacial score (nSPS) is 15.1. The molecule has 1 atom stereocenters. The van der Waals surface area contributed by atoms with E-state index in [2.05, 4.69) is 10.4 Å². The monoisotopic (exact) mass is 412 g/mol. The third-order valence-electron chi connectivity index (χ3n) is 4.53. The van der Waals surface area contributed by atoms with Crippen LogP contribution in [0.15, 0.2) is 24.3 Å². The molecule has 1 unspecified atom stereocenters. The van der Waals surface area contributed by atoms with Gasteiger partial charge in [0.2, 0.25) is 5.91 Å². The summed E-state index contributed by atoms with van der Waals surface area (Å²) in [7, 11) is 0. The van der Waals surface area contributed by atoms with E-state index in [1.54, 1.807) is 6.92 Å².